The van der Waals surface area contributed by atoms with Gasteiger partial charge < -0.3 is 14.8 Å². The SMILES string of the molecule is COC(=O)NC(C)c1cnc(OCC(F)(F)F)c(C)c1. The van der Waals surface area contributed by atoms with Crippen molar-refractivity contribution in [2.75, 3.05) is 13.7 Å². The van der Waals surface area contributed by atoms with Gasteiger partial charge in [-0.15, -0.1) is 0 Å². The highest BCUT2D eigenvalue weighted by atomic mass is 19.4. The van der Waals surface area contributed by atoms with Crippen LogP contribution in [0, 0.1) is 6.92 Å². The second kappa shape index (κ2) is 6.44. The normalized spacial score (nSPS) is 12.7. The fourth-order valence-electron chi connectivity index (χ4n) is 1.44. The summed E-state index contributed by atoms with van der Waals surface area (Å²) in [7, 11) is 1.24. The third-order valence-electron chi connectivity index (χ3n) is 2.44. The number of nitrogens with zero attached hydrogens (tertiary/aromatic N) is 1. The summed E-state index contributed by atoms with van der Waals surface area (Å²) in [6.07, 6.45) is -3.67. The lowest BCUT2D eigenvalue weighted by atomic mass is 10.1. The number of alkyl halides is 3. The van der Waals surface area contributed by atoms with Crippen molar-refractivity contribution in [3.05, 3.63) is 23.4 Å². The van der Waals surface area contributed by atoms with Crippen molar-refractivity contribution in [2.24, 2.45) is 0 Å². The van der Waals surface area contributed by atoms with Gasteiger partial charge in [-0.05, 0) is 25.5 Å². The van der Waals surface area contributed by atoms with Crippen LogP contribution in [0.1, 0.15) is 24.1 Å². The van der Waals surface area contributed by atoms with Crippen molar-refractivity contribution >= 4 is 6.09 Å². The number of ether oxygens (including phenoxy) is 2. The predicted octanol–water partition coefficient (Wildman–Crippen LogP) is 2.75. The monoisotopic (exact) mass is 292 g/mol. The van der Waals surface area contributed by atoms with Gasteiger partial charge in [-0.2, -0.15) is 13.2 Å². The highest BCUT2D eigenvalue weighted by molar-refractivity contribution is 5.67. The van der Waals surface area contributed by atoms with E-state index in [1.807, 2.05) is 0 Å². The summed E-state index contributed by atoms with van der Waals surface area (Å²) in [4.78, 5) is 14.9. The summed E-state index contributed by atoms with van der Waals surface area (Å²) < 4.78 is 45.2. The lowest BCUT2D eigenvalue weighted by Crippen LogP contribution is -2.26. The molecule has 0 fully saturated rings. The van der Waals surface area contributed by atoms with Crippen LogP contribution in [-0.4, -0.2) is 31.0 Å². The van der Waals surface area contributed by atoms with Gasteiger partial charge in [0.1, 0.15) is 0 Å². The summed E-state index contributed by atoms with van der Waals surface area (Å²) in [5, 5.41) is 2.53. The predicted molar refractivity (Wildman–Crippen MR) is 64.5 cm³/mol. The second-order valence-corrected chi connectivity index (χ2v) is 4.15. The number of hydrogen-bond donors (Lipinski definition) is 1. The number of alkyl carbamates (subject to hydrolysis) is 1. The number of aryl methyl sites for hydroxylation is 1. The van der Waals surface area contributed by atoms with E-state index in [1.54, 1.807) is 19.9 Å². The van der Waals surface area contributed by atoms with Gasteiger partial charge in [-0.3, -0.25) is 0 Å². The van der Waals surface area contributed by atoms with Gasteiger partial charge in [0.25, 0.3) is 0 Å². The molecule has 0 aliphatic carbocycles. The zero-order valence-corrected chi connectivity index (χ0v) is 11.2. The van der Waals surface area contributed by atoms with Gasteiger partial charge in [-0.25, -0.2) is 9.78 Å². The van der Waals surface area contributed by atoms with Gasteiger partial charge in [0.05, 0.1) is 13.2 Å². The van der Waals surface area contributed by atoms with E-state index in [-0.39, 0.29) is 11.9 Å². The first-order chi connectivity index (χ1) is 9.23. The second-order valence-electron chi connectivity index (χ2n) is 4.15. The van der Waals surface area contributed by atoms with Crippen LogP contribution in [0.5, 0.6) is 5.88 Å². The molecule has 0 spiro atoms. The van der Waals surface area contributed by atoms with Crippen molar-refractivity contribution in [2.45, 2.75) is 26.1 Å². The average Bonchev–Trinajstić information content (AvgIpc) is 2.35. The molecule has 0 aliphatic heterocycles. The molecule has 0 aromatic carbocycles. The summed E-state index contributed by atoms with van der Waals surface area (Å²) >= 11 is 0. The number of methoxy groups -OCH3 is 1. The maximum atomic E-state index is 12.0. The van der Waals surface area contributed by atoms with E-state index in [0.29, 0.717) is 11.1 Å². The van der Waals surface area contributed by atoms with Crippen molar-refractivity contribution in [1.82, 2.24) is 10.3 Å². The number of nitrogens with one attached hydrogen (secondary N) is 1. The molecule has 8 heteroatoms. The van der Waals surface area contributed by atoms with Crippen LogP contribution < -0.4 is 10.1 Å². The van der Waals surface area contributed by atoms with Crippen molar-refractivity contribution in [3.8, 4) is 5.88 Å². The van der Waals surface area contributed by atoms with Gasteiger partial charge in [0, 0.05) is 11.8 Å². The van der Waals surface area contributed by atoms with E-state index >= 15 is 0 Å². The Kier molecular flexibility index (Phi) is 5.18. The average molecular weight is 292 g/mol. The molecular weight excluding hydrogens is 277 g/mol. The molecule has 0 radical (unpaired) electrons. The van der Waals surface area contributed by atoms with E-state index in [0.717, 1.165) is 0 Å². The molecule has 0 saturated heterocycles. The Morgan fingerprint density at radius 1 is 1.50 bits per heavy atom. The van der Waals surface area contributed by atoms with E-state index in [2.05, 4.69) is 19.8 Å². The Morgan fingerprint density at radius 3 is 2.65 bits per heavy atom. The van der Waals surface area contributed by atoms with E-state index in [4.69, 9.17) is 0 Å². The number of rotatable bonds is 4. The molecule has 1 amide bonds. The van der Waals surface area contributed by atoms with Crippen LogP contribution in [0.4, 0.5) is 18.0 Å². The number of hydrogen-bond acceptors (Lipinski definition) is 4. The minimum Gasteiger partial charge on any atom is -0.468 e. The topological polar surface area (TPSA) is 60.5 Å². The lowest BCUT2D eigenvalue weighted by molar-refractivity contribution is -0.154. The van der Waals surface area contributed by atoms with Crippen molar-refractivity contribution in [1.29, 1.82) is 0 Å². The largest absolute Gasteiger partial charge is 0.468 e. The van der Waals surface area contributed by atoms with Crippen molar-refractivity contribution < 1.29 is 27.4 Å². The van der Waals surface area contributed by atoms with Gasteiger partial charge in [0.2, 0.25) is 5.88 Å². The first-order valence-corrected chi connectivity index (χ1v) is 5.73. The Morgan fingerprint density at radius 2 is 2.15 bits per heavy atom. The number of carbonyl (C=O) groups excluding carboxylic acids is 1. The first kappa shape index (κ1) is 16.1. The lowest BCUT2D eigenvalue weighted by Gasteiger charge is -2.15. The standard InChI is InChI=1S/C12H15F3N2O3/c1-7-4-9(8(2)17-11(18)19-3)5-16-10(7)20-6-12(13,14)15/h4-5,8H,6H2,1-3H3,(H,17,18). The highest BCUT2D eigenvalue weighted by Crippen LogP contribution is 2.22. The summed E-state index contributed by atoms with van der Waals surface area (Å²) in [5.74, 6) is -0.0867. The van der Waals surface area contributed by atoms with Gasteiger partial charge in [-0.1, -0.05) is 0 Å². The molecule has 1 aromatic rings. The molecule has 5 nitrogen and oxygen atoms in total. The minimum absolute atomic E-state index is 0.0867. The minimum atomic E-state index is -4.41. The number of halogens is 3. The molecule has 112 valence electrons. The highest BCUT2D eigenvalue weighted by Gasteiger charge is 2.29. The van der Waals surface area contributed by atoms with Crippen LogP contribution in [0.15, 0.2) is 12.3 Å². The number of pyridine rings is 1. The number of carbonyl (C=O) groups is 1. The van der Waals surface area contributed by atoms with Crippen LogP contribution in [0.25, 0.3) is 0 Å². The summed E-state index contributed by atoms with van der Waals surface area (Å²) in [6, 6.07) is 1.21. The summed E-state index contributed by atoms with van der Waals surface area (Å²) in [5.41, 5.74) is 1.08. The Bertz CT molecular complexity index is 478. The molecule has 1 heterocycles. The Labute approximate surface area is 114 Å². The number of aromatic nitrogens is 1. The molecule has 20 heavy (non-hydrogen) atoms. The fourth-order valence-corrected chi connectivity index (χ4v) is 1.44. The maximum absolute atomic E-state index is 12.0. The first-order valence-electron chi connectivity index (χ1n) is 5.73. The molecule has 1 unspecified atom stereocenters. The van der Waals surface area contributed by atoms with Crippen LogP contribution in [0.2, 0.25) is 0 Å². The Balaban J connectivity index is 2.74. The van der Waals surface area contributed by atoms with Crippen LogP contribution >= 0.6 is 0 Å². The smallest absolute Gasteiger partial charge is 0.422 e. The number of amides is 1. The molecule has 0 aliphatic rings. The quantitative estimate of drug-likeness (QED) is 0.927. The molecule has 1 rings (SSSR count). The van der Waals surface area contributed by atoms with Crippen LogP contribution in [0.3, 0.4) is 0 Å². The molecule has 0 bridgehead atoms. The summed E-state index contributed by atoms with van der Waals surface area (Å²) in [6.45, 7) is 1.88. The van der Waals surface area contributed by atoms with E-state index in [1.165, 1.54) is 13.3 Å². The zero-order valence-electron chi connectivity index (χ0n) is 11.2. The third kappa shape index (κ3) is 4.94. The van der Waals surface area contributed by atoms with Gasteiger partial charge in [0.15, 0.2) is 6.61 Å². The van der Waals surface area contributed by atoms with Crippen molar-refractivity contribution in [3.63, 3.8) is 0 Å². The Hall–Kier alpha value is -1.99. The van der Waals surface area contributed by atoms with Crippen LogP contribution in [-0.2, 0) is 4.74 Å². The molecular formula is C12H15F3N2O3. The molecule has 1 N–H and O–H groups in total. The van der Waals surface area contributed by atoms with Gasteiger partial charge >= 0.3 is 12.3 Å². The molecule has 1 atom stereocenters. The fraction of sp³-hybridized carbons (Fsp3) is 0.500. The maximum Gasteiger partial charge on any atom is 0.422 e. The van der Waals surface area contributed by atoms with E-state index < -0.39 is 18.9 Å². The van der Waals surface area contributed by atoms with E-state index in [9.17, 15) is 18.0 Å². The molecule has 1 aromatic heterocycles. The molecule has 0 saturated carbocycles. The zero-order chi connectivity index (χ0) is 15.3. The third-order valence-corrected chi connectivity index (χ3v) is 2.44.